The van der Waals surface area contributed by atoms with E-state index in [1.165, 1.54) is 24.8 Å². The Bertz CT molecular complexity index is 531. The van der Waals surface area contributed by atoms with Crippen LogP contribution in [0.15, 0.2) is 54.6 Å². The maximum Gasteiger partial charge on any atom is 0.193 e. The van der Waals surface area contributed by atoms with Gasteiger partial charge in [0.1, 0.15) is 0 Å². The van der Waals surface area contributed by atoms with Gasteiger partial charge >= 0.3 is 0 Å². The highest BCUT2D eigenvalue weighted by Crippen LogP contribution is 2.13. The molecule has 2 heteroatoms. The van der Waals surface area contributed by atoms with E-state index in [0.717, 1.165) is 22.9 Å². The average Bonchev–Trinajstić information content (AvgIpc) is 2.52. The third-order valence-corrected chi connectivity index (χ3v) is 3.91. The first-order valence-corrected chi connectivity index (χ1v) is 8.18. The van der Waals surface area contributed by atoms with Crippen LogP contribution in [0.5, 0.6) is 0 Å². The minimum atomic E-state index is 0.0939. The standard InChI is InChI=1S/C18H19BrO/c19-14-6-2-3-7-15-10-12-17(13-11-15)18(20)16-8-4-1-5-9-16/h1,4-5,8-13H,2-3,6-7,14H2. The van der Waals surface area contributed by atoms with Crippen molar-refractivity contribution in [2.75, 3.05) is 5.33 Å². The lowest BCUT2D eigenvalue weighted by molar-refractivity contribution is 0.103. The minimum absolute atomic E-state index is 0.0939. The predicted octanol–water partition coefficient (Wildman–Crippen LogP) is 5.03. The molecule has 0 aromatic heterocycles. The van der Waals surface area contributed by atoms with Crippen LogP contribution >= 0.6 is 15.9 Å². The van der Waals surface area contributed by atoms with Crippen molar-refractivity contribution in [2.45, 2.75) is 25.7 Å². The van der Waals surface area contributed by atoms with Gasteiger partial charge in [-0.1, -0.05) is 76.9 Å². The Labute approximate surface area is 129 Å². The van der Waals surface area contributed by atoms with E-state index in [0.29, 0.717) is 0 Å². The Morgan fingerprint density at radius 1 is 0.800 bits per heavy atom. The van der Waals surface area contributed by atoms with Gasteiger partial charge in [-0.05, 0) is 24.8 Å². The monoisotopic (exact) mass is 330 g/mol. The summed E-state index contributed by atoms with van der Waals surface area (Å²) >= 11 is 3.45. The SMILES string of the molecule is O=C(c1ccccc1)c1ccc(CCCCCBr)cc1. The molecular weight excluding hydrogens is 312 g/mol. The van der Waals surface area contributed by atoms with Gasteiger partial charge in [0.25, 0.3) is 0 Å². The highest BCUT2D eigenvalue weighted by molar-refractivity contribution is 9.09. The van der Waals surface area contributed by atoms with E-state index in [-0.39, 0.29) is 5.78 Å². The summed E-state index contributed by atoms with van der Waals surface area (Å²) in [6, 6.07) is 17.5. The molecule has 0 spiro atoms. The molecule has 0 aliphatic rings. The van der Waals surface area contributed by atoms with E-state index in [2.05, 4.69) is 28.1 Å². The fraction of sp³-hybridized carbons (Fsp3) is 0.278. The number of rotatable bonds is 7. The summed E-state index contributed by atoms with van der Waals surface area (Å²) in [5.74, 6) is 0.0939. The summed E-state index contributed by atoms with van der Waals surface area (Å²) in [5.41, 5.74) is 2.82. The molecule has 1 nitrogen and oxygen atoms in total. The van der Waals surface area contributed by atoms with E-state index >= 15 is 0 Å². The zero-order valence-corrected chi connectivity index (χ0v) is 13.1. The van der Waals surface area contributed by atoms with Gasteiger partial charge in [-0.2, -0.15) is 0 Å². The molecule has 0 radical (unpaired) electrons. The van der Waals surface area contributed by atoms with Crippen LogP contribution in [-0.4, -0.2) is 11.1 Å². The Morgan fingerprint density at radius 2 is 1.45 bits per heavy atom. The molecule has 20 heavy (non-hydrogen) atoms. The van der Waals surface area contributed by atoms with Crippen molar-refractivity contribution < 1.29 is 4.79 Å². The number of ketones is 1. The molecule has 0 amide bonds. The number of hydrogen-bond donors (Lipinski definition) is 0. The maximum atomic E-state index is 12.3. The van der Waals surface area contributed by atoms with E-state index < -0.39 is 0 Å². The van der Waals surface area contributed by atoms with Gasteiger partial charge in [-0.25, -0.2) is 0 Å². The van der Waals surface area contributed by atoms with Gasteiger partial charge < -0.3 is 0 Å². The quantitative estimate of drug-likeness (QED) is 0.395. The second-order valence-electron chi connectivity index (χ2n) is 4.89. The molecule has 2 rings (SSSR count). The second kappa shape index (κ2) is 8.01. The largest absolute Gasteiger partial charge is 0.289 e. The molecule has 0 N–H and O–H groups in total. The molecule has 0 saturated carbocycles. The Balaban J connectivity index is 1.96. The first-order chi connectivity index (χ1) is 9.81. The topological polar surface area (TPSA) is 17.1 Å². The number of carbonyl (C=O) groups is 1. The lowest BCUT2D eigenvalue weighted by atomic mass is 10.0. The second-order valence-corrected chi connectivity index (χ2v) is 5.68. The molecule has 0 heterocycles. The van der Waals surface area contributed by atoms with Crippen molar-refractivity contribution >= 4 is 21.7 Å². The number of aryl methyl sites for hydroxylation is 1. The molecule has 2 aromatic carbocycles. The van der Waals surface area contributed by atoms with Gasteiger partial charge in [0.15, 0.2) is 5.78 Å². The molecule has 104 valence electrons. The fourth-order valence-corrected chi connectivity index (χ4v) is 2.58. The molecule has 0 bridgehead atoms. The Kier molecular flexibility index (Phi) is 6.00. The van der Waals surface area contributed by atoms with Crippen LogP contribution in [0.2, 0.25) is 0 Å². The summed E-state index contributed by atoms with van der Waals surface area (Å²) in [5, 5.41) is 1.08. The fourth-order valence-electron chi connectivity index (χ4n) is 2.18. The third kappa shape index (κ3) is 4.31. The van der Waals surface area contributed by atoms with E-state index in [1.54, 1.807) is 0 Å². The van der Waals surface area contributed by atoms with Gasteiger partial charge in [-0.15, -0.1) is 0 Å². The maximum absolute atomic E-state index is 12.3. The summed E-state index contributed by atoms with van der Waals surface area (Å²) in [6.07, 6.45) is 4.77. The molecule has 0 aliphatic heterocycles. The molecule has 0 unspecified atom stereocenters. The van der Waals surface area contributed by atoms with Gasteiger partial charge in [0.05, 0.1) is 0 Å². The van der Waals surface area contributed by atoms with Crippen LogP contribution in [0.25, 0.3) is 0 Å². The molecular formula is C18H19BrO. The van der Waals surface area contributed by atoms with E-state index in [1.807, 2.05) is 42.5 Å². The van der Waals surface area contributed by atoms with E-state index in [4.69, 9.17) is 0 Å². The van der Waals surface area contributed by atoms with Crippen LogP contribution in [0.4, 0.5) is 0 Å². The van der Waals surface area contributed by atoms with E-state index in [9.17, 15) is 4.79 Å². The highest BCUT2D eigenvalue weighted by Gasteiger charge is 2.07. The van der Waals surface area contributed by atoms with Crippen LogP contribution in [0.1, 0.15) is 40.7 Å². The van der Waals surface area contributed by atoms with Crippen LogP contribution in [-0.2, 0) is 6.42 Å². The normalized spacial score (nSPS) is 10.4. The number of benzene rings is 2. The van der Waals surface area contributed by atoms with Crippen molar-refractivity contribution in [1.82, 2.24) is 0 Å². The molecule has 2 aromatic rings. The zero-order chi connectivity index (χ0) is 14.2. The van der Waals surface area contributed by atoms with Crippen LogP contribution in [0.3, 0.4) is 0 Å². The Hall–Kier alpha value is -1.41. The van der Waals surface area contributed by atoms with Gasteiger partial charge in [-0.3, -0.25) is 4.79 Å². The van der Waals surface area contributed by atoms with Crippen molar-refractivity contribution in [3.63, 3.8) is 0 Å². The summed E-state index contributed by atoms with van der Waals surface area (Å²) < 4.78 is 0. The first kappa shape index (κ1) is 15.0. The lowest BCUT2D eigenvalue weighted by Gasteiger charge is -2.04. The zero-order valence-electron chi connectivity index (χ0n) is 11.5. The molecule has 0 aliphatic carbocycles. The smallest absolute Gasteiger partial charge is 0.193 e. The summed E-state index contributed by atoms with van der Waals surface area (Å²) in [7, 11) is 0. The molecule has 0 fully saturated rings. The van der Waals surface area contributed by atoms with Gasteiger partial charge in [0.2, 0.25) is 0 Å². The first-order valence-electron chi connectivity index (χ1n) is 7.06. The number of unbranched alkanes of at least 4 members (excludes halogenated alkanes) is 2. The lowest BCUT2D eigenvalue weighted by Crippen LogP contribution is -2.01. The highest BCUT2D eigenvalue weighted by atomic mass is 79.9. The average molecular weight is 331 g/mol. The number of carbonyl (C=O) groups excluding carboxylic acids is 1. The number of alkyl halides is 1. The van der Waals surface area contributed by atoms with Gasteiger partial charge in [0, 0.05) is 16.5 Å². The minimum Gasteiger partial charge on any atom is -0.289 e. The summed E-state index contributed by atoms with van der Waals surface area (Å²) in [4.78, 5) is 12.3. The predicted molar refractivity (Wildman–Crippen MR) is 87.7 cm³/mol. The van der Waals surface area contributed by atoms with Crippen LogP contribution in [0, 0.1) is 0 Å². The Morgan fingerprint density at radius 3 is 2.10 bits per heavy atom. The van der Waals surface area contributed by atoms with Crippen molar-refractivity contribution in [3.8, 4) is 0 Å². The van der Waals surface area contributed by atoms with Crippen molar-refractivity contribution in [1.29, 1.82) is 0 Å². The number of hydrogen-bond acceptors (Lipinski definition) is 1. The summed E-state index contributed by atoms with van der Waals surface area (Å²) in [6.45, 7) is 0. The van der Waals surface area contributed by atoms with Crippen LogP contribution < -0.4 is 0 Å². The molecule has 0 saturated heterocycles. The van der Waals surface area contributed by atoms with Crippen molar-refractivity contribution in [3.05, 3.63) is 71.3 Å². The van der Waals surface area contributed by atoms with Crippen molar-refractivity contribution in [2.24, 2.45) is 0 Å². The number of halogens is 1. The molecule has 0 atom stereocenters. The third-order valence-electron chi connectivity index (χ3n) is 3.35.